The minimum Gasteiger partial charge on any atom is -0.312 e. The highest BCUT2D eigenvalue weighted by molar-refractivity contribution is 7.16. The zero-order valence-electron chi connectivity index (χ0n) is 11.0. The van der Waals surface area contributed by atoms with Gasteiger partial charge < -0.3 is 5.32 Å². The van der Waals surface area contributed by atoms with Crippen LogP contribution in [-0.4, -0.2) is 5.91 Å². The van der Waals surface area contributed by atoms with Gasteiger partial charge in [0.05, 0.1) is 17.2 Å². The fourth-order valence-electron chi connectivity index (χ4n) is 1.75. The molecule has 20 heavy (non-hydrogen) atoms. The van der Waals surface area contributed by atoms with Gasteiger partial charge in [-0.1, -0.05) is 6.07 Å². The molecular weight excluding hydrogens is 270 g/mol. The SMILES string of the molecule is Cc1sc(NC(=O)c2cccc(C#N)c2)c(C#N)c1C. The van der Waals surface area contributed by atoms with Crippen LogP contribution in [0, 0.1) is 36.5 Å². The first kappa shape index (κ1) is 13.8. The minimum absolute atomic E-state index is 0.320. The number of aryl methyl sites for hydroxylation is 1. The molecule has 1 aromatic carbocycles. The Morgan fingerprint density at radius 2 is 2.00 bits per heavy atom. The van der Waals surface area contributed by atoms with Crippen LogP contribution >= 0.6 is 11.3 Å². The molecule has 0 saturated heterocycles. The molecule has 0 spiro atoms. The summed E-state index contributed by atoms with van der Waals surface area (Å²) in [4.78, 5) is 13.2. The molecule has 0 aliphatic heterocycles. The molecule has 0 saturated carbocycles. The van der Waals surface area contributed by atoms with E-state index in [9.17, 15) is 4.79 Å². The van der Waals surface area contributed by atoms with Gasteiger partial charge in [-0.05, 0) is 37.6 Å². The van der Waals surface area contributed by atoms with Gasteiger partial charge in [0.2, 0.25) is 0 Å². The fourth-order valence-corrected chi connectivity index (χ4v) is 2.76. The molecule has 1 aromatic heterocycles. The zero-order valence-corrected chi connectivity index (χ0v) is 11.8. The van der Waals surface area contributed by atoms with Crippen LogP contribution in [0.15, 0.2) is 24.3 Å². The van der Waals surface area contributed by atoms with Crippen LogP contribution < -0.4 is 5.32 Å². The summed E-state index contributed by atoms with van der Waals surface area (Å²) in [5.41, 5.74) is 2.21. The van der Waals surface area contributed by atoms with Crippen LogP contribution in [0.5, 0.6) is 0 Å². The number of nitriles is 2. The molecule has 0 aliphatic rings. The fraction of sp³-hybridized carbons (Fsp3) is 0.133. The van der Waals surface area contributed by atoms with Gasteiger partial charge in [0.1, 0.15) is 11.1 Å². The third-order valence-electron chi connectivity index (χ3n) is 2.98. The number of anilines is 1. The number of hydrogen-bond donors (Lipinski definition) is 1. The number of nitrogens with one attached hydrogen (secondary N) is 1. The maximum atomic E-state index is 12.1. The molecule has 1 amide bonds. The molecular formula is C15H11N3OS. The molecule has 5 heteroatoms. The molecule has 2 rings (SSSR count). The number of nitrogens with zero attached hydrogens (tertiary/aromatic N) is 2. The molecule has 0 unspecified atom stereocenters. The third-order valence-corrected chi connectivity index (χ3v) is 4.10. The van der Waals surface area contributed by atoms with E-state index in [0.717, 1.165) is 10.4 Å². The van der Waals surface area contributed by atoms with Crippen molar-refractivity contribution in [1.29, 1.82) is 10.5 Å². The average Bonchev–Trinajstić information content (AvgIpc) is 2.73. The van der Waals surface area contributed by atoms with Gasteiger partial charge in [-0.15, -0.1) is 11.3 Å². The van der Waals surface area contributed by atoms with Crippen LogP contribution in [0.1, 0.15) is 31.9 Å². The summed E-state index contributed by atoms with van der Waals surface area (Å²) in [6.45, 7) is 3.77. The van der Waals surface area contributed by atoms with Crippen LogP contribution in [0.25, 0.3) is 0 Å². The smallest absolute Gasteiger partial charge is 0.256 e. The van der Waals surface area contributed by atoms with Gasteiger partial charge in [0.25, 0.3) is 5.91 Å². The number of thiophene rings is 1. The second kappa shape index (κ2) is 5.56. The van der Waals surface area contributed by atoms with E-state index in [2.05, 4.69) is 11.4 Å². The quantitative estimate of drug-likeness (QED) is 0.916. The van der Waals surface area contributed by atoms with Crippen molar-refractivity contribution in [2.75, 3.05) is 5.32 Å². The first-order valence-corrected chi connectivity index (χ1v) is 6.70. The van der Waals surface area contributed by atoms with Crippen molar-refractivity contribution in [2.24, 2.45) is 0 Å². The molecule has 98 valence electrons. The van der Waals surface area contributed by atoms with Gasteiger partial charge in [-0.25, -0.2) is 0 Å². The molecule has 1 heterocycles. The van der Waals surface area contributed by atoms with Crippen LogP contribution in [0.3, 0.4) is 0 Å². The predicted octanol–water partition coefficient (Wildman–Crippen LogP) is 3.36. The van der Waals surface area contributed by atoms with Crippen molar-refractivity contribution in [2.45, 2.75) is 13.8 Å². The lowest BCUT2D eigenvalue weighted by Gasteiger charge is -2.03. The average molecular weight is 281 g/mol. The summed E-state index contributed by atoms with van der Waals surface area (Å²) >= 11 is 1.38. The topological polar surface area (TPSA) is 76.7 Å². The van der Waals surface area contributed by atoms with E-state index < -0.39 is 0 Å². The van der Waals surface area contributed by atoms with Crippen LogP contribution in [0.4, 0.5) is 5.00 Å². The van der Waals surface area contributed by atoms with Gasteiger partial charge in [-0.2, -0.15) is 10.5 Å². The van der Waals surface area contributed by atoms with Gasteiger partial charge in [0, 0.05) is 10.4 Å². The van der Waals surface area contributed by atoms with Crippen molar-refractivity contribution in [3.05, 3.63) is 51.4 Å². The summed E-state index contributed by atoms with van der Waals surface area (Å²) in [6.07, 6.45) is 0. The van der Waals surface area contributed by atoms with Crippen molar-refractivity contribution >= 4 is 22.2 Å². The predicted molar refractivity (Wildman–Crippen MR) is 77.6 cm³/mol. The maximum Gasteiger partial charge on any atom is 0.256 e. The first-order valence-electron chi connectivity index (χ1n) is 5.88. The Hall–Kier alpha value is -2.63. The third kappa shape index (κ3) is 2.54. The van der Waals surface area contributed by atoms with E-state index in [1.54, 1.807) is 18.2 Å². The lowest BCUT2D eigenvalue weighted by atomic mass is 10.1. The van der Waals surface area contributed by atoms with Crippen LogP contribution in [-0.2, 0) is 0 Å². The molecule has 0 aliphatic carbocycles. The van der Waals surface area contributed by atoms with Gasteiger partial charge in [-0.3, -0.25) is 4.79 Å². The highest BCUT2D eigenvalue weighted by Gasteiger charge is 2.15. The summed E-state index contributed by atoms with van der Waals surface area (Å²) in [6, 6.07) is 10.5. The Bertz CT molecular complexity index is 762. The summed E-state index contributed by atoms with van der Waals surface area (Å²) in [7, 11) is 0. The normalized spacial score (nSPS) is 9.60. The largest absolute Gasteiger partial charge is 0.312 e. The highest BCUT2D eigenvalue weighted by Crippen LogP contribution is 2.31. The Morgan fingerprint density at radius 3 is 2.65 bits per heavy atom. The van der Waals surface area contributed by atoms with Crippen molar-refractivity contribution in [1.82, 2.24) is 0 Å². The first-order chi connectivity index (χ1) is 9.56. The Kier molecular flexibility index (Phi) is 3.84. The molecule has 2 aromatic rings. The summed E-state index contributed by atoms with van der Waals surface area (Å²) in [5, 5.41) is 21.3. The molecule has 0 bridgehead atoms. The Morgan fingerprint density at radius 1 is 1.25 bits per heavy atom. The lowest BCUT2D eigenvalue weighted by Crippen LogP contribution is -2.11. The van der Waals surface area contributed by atoms with Crippen molar-refractivity contribution in [3.8, 4) is 12.1 Å². The van der Waals surface area contributed by atoms with Gasteiger partial charge >= 0.3 is 0 Å². The zero-order chi connectivity index (χ0) is 14.7. The molecule has 0 radical (unpaired) electrons. The standard InChI is InChI=1S/C15H11N3OS/c1-9-10(2)20-15(13(9)8-17)18-14(19)12-5-3-4-11(6-12)7-16/h3-6H,1-2H3,(H,18,19). The van der Waals surface area contributed by atoms with E-state index in [1.807, 2.05) is 19.9 Å². The van der Waals surface area contributed by atoms with E-state index in [1.165, 1.54) is 17.4 Å². The molecule has 0 fully saturated rings. The number of amides is 1. The highest BCUT2D eigenvalue weighted by atomic mass is 32.1. The monoisotopic (exact) mass is 281 g/mol. The molecule has 1 N–H and O–H groups in total. The maximum absolute atomic E-state index is 12.1. The van der Waals surface area contributed by atoms with Crippen molar-refractivity contribution < 1.29 is 4.79 Å². The number of carbonyl (C=O) groups is 1. The van der Waals surface area contributed by atoms with E-state index >= 15 is 0 Å². The van der Waals surface area contributed by atoms with Crippen LogP contribution in [0.2, 0.25) is 0 Å². The lowest BCUT2D eigenvalue weighted by molar-refractivity contribution is 0.102. The summed E-state index contributed by atoms with van der Waals surface area (Å²) < 4.78 is 0. The Balaban J connectivity index is 2.31. The van der Waals surface area contributed by atoms with Crippen molar-refractivity contribution in [3.63, 3.8) is 0 Å². The summed E-state index contributed by atoms with van der Waals surface area (Å²) in [5.74, 6) is -0.320. The second-order valence-corrected chi connectivity index (χ2v) is 5.47. The van der Waals surface area contributed by atoms with E-state index in [-0.39, 0.29) is 5.91 Å². The number of rotatable bonds is 2. The number of hydrogen-bond acceptors (Lipinski definition) is 4. The van der Waals surface area contributed by atoms with Gasteiger partial charge in [0.15, 0.2) is 0 Å². The molecule has 0 atom stereocenters. The van der Waals surface area contributed by atoms with E-state index in [4.69, 9.17) is 10.5 Å². The molecule has 4 nitrogen and oxygen atoms in total. The second-order valence-electron chi connectivity index (χ2n) is 4.25. The van der Waals surface area contributed by atoms with E-state index in [0.29, 0.717) is 21.7 Å². The number of carbonyl (C=O) groups excluding carboxylic acids is 1. The minimum atomic E-state index is -0.320. The number of benzene rings is 1. The Labute approximate surface area is 120 Å².